The fourth-order valence-corrected chi connectivity index (χ4v) is 11.5. The lowest BCUT2D eigenvalue weighted by molar-refractivity contribution is 0.00578. The van der Waals surface area contributed by atoms with Crippen LogP contribution in [0.4, 0.5) is 11.4 Å². The number of hydrogen-bond donors (Lipinski definition) is 4. The highest BCUT2D eigenvalue weighted by Gasteiger charge is 2.51. The number of rotatable bonds is 6. The van der Waals surface area contributed by atoms with E-state index in [1.165, 1.54) is 28.9 Å². The summed E-state index contributed by atoms with van der Waals surface area (Å²) in [5.74, 6) is 1.22. The fraction of sp³-hybridized carbons (Fsp3) is 0.276. The van der Waals surface area contributed by atoms with Crippen LogP contribution >= 0.6 is 61.8 Å². The number of aromatic nitrogens is 8. The Morgan fingerprint density at radius 1 is 0.622 bits per heavy atom. The molecule has 18 nitrogen and oxygen atoms in total. The second-order valence-corrected chi connectivity index (χ2v) is 23.0. The molecule has 82 heavy (non-hydrogen) atoms. The Morgan fingerprint density at radius 2 is 1.11 bits per heavy atom. The third-order valence-electron chi connectivity index (χ3n) is 13.3. The minimum Gasteiger partial charge on any atom is -0.420 e. The molecular formula is C58H62BBrCl2N12O6S2. The summed E-state index contributed by atoms with van der Waals surface area (Å²) in [5.41, 5.74) is 5.07. The van der Waals surface area contributed by atoms with Crippen LogP contribution in [0.3, 0.4) is 0 Å². The molecule has 0 aliphatic carbocycles. The molecule has 426 valence electrons. The molecule has 3 aliphatic rings. The van der Waals surface area contributed by atoms with Crippen molar-refractivity contribution in [3.05, 3.63) is 135 Å². The minimum atomic E-state index is -0.302. The number of benzene rings is 2. The SMILES string of the molecule is C.C.C.C.CC1(C)OB(c2cccnc2)OC1(C)C.C[C@@H]1CNc2c(sc3ccc4nc(Oc5nc(Cl)ncc5-c5cccnc5)ccc4c23)C(=O)N1.C[C@@H]1CNc2c(sc3ccc4nc(Oc5nc(Cl)ncc5Br)ccc4c23)C(=O)N1. The van der Waals surface area contributed by atoms with Crippen LogP contribution < -0.4 is 36.2 Å². The van der Waals surface area contributed by atoms with Crippen LogP contribution in [-0.4, -0.2) is 95.2 Å². The number of halogens is 3. The van der Waals surface area contributed by atoms with Crippen molar-refractivity contribution >= 4 is 140 Å². The van der Waals surface area contributed by atoms with E-state index in [1.807, 2.05) is 102 Å². The van der Waals surface area contributed by atoms with Crippen LogP contribution in [-0.2, 0) is 9.31 Å². The highest BCUT2D eigenvalue weighted by molar-refractivity contribution is 9.10. The molecule has 13 rings (SSSR count). The van der Waals surface area contributed by atoms with E-state index in [0.717, 1.165) is 64.4 Å². The Morgan fingerprint density at radius 3 is 1.61 bits per heavy atom. The number of pyridine rings is 4. The van der Waals surface area contributed by atoms with Crippen LogP contribution in [0, 0.1) is 0 Å². The third kappa shape index (κ3) is 12.7. The molecule has 1 fully saturated rings. The minimum absolute atomic E-state index is 0. The first-order valence-electron chi connectivity index (χ1n) is 24.5. The van der Waals surface area contributed by atoms with Crippen molar-refractivity contribution in [2.45, 2.75) is 94.5 Å². The topological polar surface area (TPSA) is 222 Å². The van der Waals surface area contributed by atoms with Gasteiger partial charge < -0.3 is 40.0 Å². The zero-order valence-electron chi connectivity index (χ0n) is 42.5. The molecular weight excluding hydrogens is 1190 g/mol. The Hall–Kier alpha value is -7.18. The Balaban J connectivity index is 0.000000184. The average molecular weight is 1250 g/mol. The molecule has 0 unspecified atom stereocenters. The van der Waals surface area contributed by atoms with E-state index >= 15 is 0 Å². The van der Waals surface area contributed by atoms with Crippen molar-refractivity contribution in [3.8, 4) is 34.6 Å². The lowest BCUT2D eigenvalue weighted by Crippen LogP contribution is -2.41. The quantitative estimate of drug-likeness (QED) is 0.0898. The predicted molar refractivity (Wildman–Crippen MR) is 337 cm³/mol. The van der Waals surface area contributed by atoms with Gasteiger partial charge in [0.25, 0.3) is 11.8 Å². The number of nitrogens with one attached hydrogen (secondary N) is 4. The summed E-state index contributed by atoms with van der Waals surface area (Å²) in [6.45, 7) is 13.5. The lowest BCUT2D eigenvalue weighted by atomic mass is 9.80. The molecule has 4 N–H and O–H groups in total. The number of amides is 2. The van der Waals surface area contributed by atoms with Gasteiger partial charge in [0.05, 0.1) is 43.6 Å². The molecule has 11 heterocycles. The number of thiophene rings is 2. The van der Waals surface area contributed by atoms with Crippen molar-refractivity contribution in [2.24, 2.45) is 0 Å². The smallest absolute Gasteiger partial charge is 0.420 e. The predicted octanol–water partition coefficient (Wildman–Crippen LogP) is 14.2. The van der Waals surface area contributed by atoms with E-state index in [2.05, 4.69) is 72.1 Å². The number of carbonyl (C=O) groups is 2. The molecule has 2 atom stereocenters. The van der Waals surface area contributed by atoms with Gasteiger partial charge in [-0.3, -0.25) is 19.6 Å². The molecule has 3 aliphatic heterocycles. The molecule has 2 amide bonds. The van der Waals surface area contributed by atoms with Crippen LogP contribution in [0.25, 0.3) is 53.1 Å². The van der Waals surface area contributed by atoms with Crippen molar-refractivity contribution in [1.29, 1.82) is 0 Å². The second-order valence-electron chi connectivity index (χ2n) is 19.4. The van der Waals surface area contributed by atoms with Gasteiger partial charge in [-0.05, 0) is 129 Å². The maximum atomic E-state index is 12.7. The Bertz CT molecular complexity index is 3940. The maximum Gasteiger partial charge on any atom is 0.496 e. The average Bonchev–Trinajstić information content (AvgIpc) is 4.20. The number of carbonyl (C=O) groups excluding carboxylic acids is 2. The molecule has 2 aromatic carbocycles. The van der Waals surface area contributed by atoms with E-state index in [4.69, 9.17) is 47.0 Å². The summed E-state index contributed by atoms with van der Waals surface area (Å²) in [5, 5.41) is 16.9. The zero-order chi connectivity index (χ0) is 54.5. The van der Waals surface area contributed by atoms with Gasteiger partial charge in [0.2, 0.25) is 34.1 Å². The van der Waals surface area contributed by atoms with Crippen LogP contribution in [0.1, 0.15) is 90.6 Å². The van der Waals surface area contributed by atoms with Crippen molar-refractivity contribution in [2.75, 3.05) is 23.7 Å². The number of anilines is 2. The highest BCUT2D eigenvalue weighted by Crippen LogP contribution is 2.44. The molecule has 24 heteroatoms. The van der Waals surface area contributed by atoms with E-state index in [-0.39, 0.29) is 94.3 Å². The van der Waals surface area contributed by atoms with Gasteiger partial charge in [-0.25, -0.2) is 19.9 Å². The maximum absolute atomic E-state index is 12.7. The largest absolute Gasteiger partial charge is 0.496 e. The van der Waals surface area contributed by atoms with Crippen molar-refractivity contribution < 1.29 is 28.4 Å². The van der Waals surface area contributed by atoms with Crippen LogP contribution in [0.5, 0.6) is 23.5 Å². The third-order valence-corrected chi connectivity index (χ3v) is 16.5. The van der Waals surface area contributed by atoms with E-state index in [1.54, 1.807) is 43.1 Å². The van der Waals surface area contributed by atoms with Gasteiger partial charge in [0.15, 0.2) is 0 Å². The summed E-state index contributed by atoms with van der Waals surface area (Å²) in [4.78, 5) is 60.4. The zero-order valence-corrected chi connectivity index (χ0v) is 47.2. The van der Waals surface area contributed by atoms with Crippen molar-refractivity contribution in [1.82, 2.24) is 50.5 Å². The van der Waals surface area contributed by atoms with Crippen molar-refractivity contribution in [3.63, 3.8) is 0 Å². The Kier molecular flexibility index (Phi) is 19.4. The summed E-state index contributed by atoms with van der Waals surface area (Å²) < 4.78 is 26.2. The number of fused-ring (bicyclic) bond motifs is 10. The molecule has 8 aromatic heterocycles. The van der Waals surface area contributed by atoms with Gasteiger partial charge >= 0.3 is 7.12 Å². The summed E-state index contributed by atoms with van der Waals surface area (Å²) >= 11 is 18.2. The first-order valence-corrected chi connectivity index (χ1v) is 27.7. The van der Waals surface area contributed by atoms with Crippen LogP contribution in [0.2, 0.25) is 10.6 Å². The normalized spacial score (nSPS) is 16.4. The molecule has 1 saturated heterocycles. The van der Waals surface area contributed by atoms with Gasteiger partial charge in [0, 0.05) is 116 Å². The first kappa shape index (κ1) is 62.4. The molecule has 0 radical (unpaired) electrons. The molecule has 10 aromatic rings. The number of nitrogens with zero attached hydrogens (tertiary/aromatic N) is 8. The van der Waals surface area contributed by atoms with Crippen LogP contribution in [0.15, 0.2) is 114 Å². The molecule has 0 bridgehead atoms. The Labute approximate surface area is 502 Å². The summed E-state index contributed by atoms with van der Waals surface area (Å²) in [6.07, 6.45) is 10.0. The van der Waals surface area contributed by atoms with Gasteiger partial charge in [-0.2, -0.15) is 9.97 Å². The van der Waals surface area contributed by atoms with E-state index < -0.39 is 0 Å². The number of ether oxygens (including phenoxy) is 2. The molecule has 0 spiro atoms. The number of hydrogen-bond acceptors (Lipinski definition) is 18. The second kappa shape index (κ2) is 25.5. The van der Waals surface area contributed by atoms with Gasteiger partial charge in [-0.1, -0.05) is 41.8 Å². The summed E-state index contributed by atoms with van der Waals surface area (Å²) in [7, 11) is -0.302. The fourth-order valence-electron chi connectivity index (χ4n) is 8.77. The monoisotopic (exact) mass is 1250 g/mol. The lowest BCUT2D eigenvalue weighted by Gasteiger charge is -2.32. The highest BCUT2D eigenvalue weighted by atomic mass is 79.9. The standard InChI is InChI=1S/C24H17ClN6O2S.C19H13BrClN5O2S.C11H16BNO2.4CH4/c1-12-9-27-20-19-14-4-7-18(30-16(14)5-6-17(19)34-21(20)22(32)29-12)33-23-15(11-28-24(25)31-23)13-3-2-8-26-10-13;1-8-6-22-15-14-9-2-5-13(28-18-10(20)7-23-19(21)26-18)25-11(9)3-4-12(14)29-16(15)17(27)24-8;1-10(2)11(3,4)15-12(14-10)9-6-5-7-13-8-9;;;;/h2-8,10-12,27H,9H2,1H3,(H,29,32);2-5,7-8,22H,6H2,1H3,(H,24,27);5-8H,1-4H3;4*1H4/t12-;8-;;;;;/m11...../s1. The summed E-state index contributed by atoms with van der Waals surface area (Å²) in [6, 6.07) is 22.9. The van der Waals surface area contributed by atoms with E-state index in [9.17, 15) is 9.59 Å². The molecule has 0 saturated carbocycles. The van der Waals surface area contributed by atoms with E-state index in [0.29, 0.717) is 44.6 Å². The first-order chi connectivity index (χ1) is 37.5. The van der Waals surface area contributed by atoms with Gasteiger partial charge in [0.1, 0.15) is 9.75 Å². The van der Waals surface area contributed by atoms with Gasteiger partial charge in [-0.15, -0.1) is 22.7 Å².